The molecule has 1 aromatic rings. The summed E-state index contributed by atoms with van der Waals surface area (Å²) in [5.74, 6) is 0.489. The normalized spacial score (nSPS) is 25.8. The molecule has 0 spiro atoms. The SMILES string of the molecule is CC1Nc2cc(F)ccc2OC1C. The van der Waals surface area contributed by atoms with Crippen molar-refractivity contribution in [2.75, 3.05) is 5.32 Å². The molecule has 70 valence electrons. The Morgan fingerprint density at radius 3 is 2.92 bits per heavy atom. The van der Waals surface area contributed by atoms with Crippen molar-refractivity contribution in [1.82, 2.24) is 0 Å². The van der Waals surface area contributed by atoms with Gasteiger partial charge in [0.25, 0.3) is 0 Å². The third-order valence-corrected chi connectivity index (χ3v) is 2.34. The zero-order chi connectivity index (χ0) is 9.42. The monoisotopic (exact) mass is 181 g/mol. The number of fused-ring (bicyclic) bond motifs is 1. The Kier molecular flexibility index (Phi) is 1.87. The Bertz CT molecular complexity index is 327. The molecule has 0 radical (unpaired) electrons. The van der Waals surface area contributed by atoms with Gasteiger partial charge in [0, 0.05) is 6.07 Å². The minimum absolute atomic E-state index is 0.123. The highest BCUT2D eigenvalue weighted by Gasteiger charge is 2.22. The molecule has 1 aliphatic rings. The Hall–Kier alpha value is -1.25. The van der Waals surface area contributed by atoms with E-state index in [1.54, 1.807) is 6.07 Å². The molecule has 0 bridgehead atoms. The average Bonchev–Trinajstić information content (AvgIpc) is 2.08. The second-order valence-electron chi connectivity index (χ2n) is 3.40. The van der Waals surface area contributed by atoms with Gasteiger partial charge in [0.1, 0.15) is 17.7 Å². The molecule has 2 rings (SSSR count). The van der Waals surface area contributed by atoms with E-state index < -0.39 is 0 Å². The Balaban J connectivity index is 2.37. The summed E-state index contributed by atoms with van der Waals surface area (Å²) in [4.78, 5) is 0. The molecule has 1 heterocycles. The first-order chi connectivity index (χ1) is 6.16. The summed E-state index contributed by atoms with van der Waals surface area (Å²) < 4.78 is 18.4. The van der Waals surface area contributed by atoms with Crippen LogP contribution in [0.2, 0.25) is 0 Å². The molecule has 0 amide bonds. The molecule has 1 aromatic carbocycles. The minimum atomic E-state index is -0.239. The van der Waals surface area contributed by atoms with Crippen molar-refractivity contribution < 1.29 is 9.13 Å². The highest BCUT2D eigenvalue weighted by molar-refractivity contribution is 5.58. The molecular weight excluding hydrogens is 169 g/mol. The number of hydrogen-bond donors (Lipinski definition) is 1. The van der Waals surface area contributed by atoms with Gasteiger partial charge in [-0.2, -0.15) is 0 Å². The lowest BCUT2D eigenvalue weighted by Gasteiger charge is -2.30. The number of benzene rings is 1. The third-order valence-electron chi connectivity index (χ3n) is 2.34. The second kappa shape index (κ2) is 2.91. The fourth-order valence-electron chi connectivity index (χ4n) is 1.38. The van der Waals surface area contributed by atoms with Crippen molar-refractivity contribution in [2.45, 2.75) is 26.0 Å². The van der Waals surface area contributed by atoms with Crippen LogP contribution in [0.4, 0.5) is 10.1 Å². The fourth-order valence-corrected chi connectivity index (χ4v) is 1.38. The topological polar surface area (TPSA) is 21.3 Å². The van der Waals surface area contributed by atoms with E-state index in [0.717, 1.165) is 11.4 Å². The van der Waals surface area contributed by atoms with Crippen molar-refractivity contribution in [3.63, 3.8) is 0 Å². The maximum Gasteiger partial charge on any atom is 0.143 e. The molecule has 0 fully saturated rings. The Labute approximate surface area is 76.7 Å². The molecule has 2 atom stereocenters. The first-order valence-corrected chi connectivity index (χ1v) is 4.39. The van der Waals surface area contributed by atoms with Crippen LogP contribution in [0.5, 0.6) is 5.75 Å². The molecule has 0 aliphatic carbocycles. The van der Waals surface area contributed by atoms with E-state index in [9.17, 15) is 4.39 Å². The number of nitrogens with one attached hydrogen (secondary N) is 1. The van der Waals surface area contributed by atoms with Crippen LogP contribution in [0, 0.1) is 5.82 Å². The standard InChI is InChI=1S/C10H12FNO/c1-6-7(2)13-10-4-3-8(11)5-9(10)12-6/h3-7,12H,1-2H3. The second-order valence-corrected chi connectivity index (χ2v) is 3.40. The summed E-state index contributed by atoms with van der Waals surface area (Å²) >= 11 is 0. The molecular formula is C10H12FNO. The van der Waals surface area contributed by atoms with E-state index in [-0.39, 0.29) is 18.0 Å². The summed E-state index contributed by atoms with van der Waals surface area (Å²) in [6, 6.07) is 4.73. The molecule has 0 saturated carbocycles. The van der Waals surface area contributed by atoms with Gasteiger partial charge in [-0.1, -0.05) is 0 Å². The van der Waals surface area contributed by atoms with Gasteiger partial charge in [-0.3, -0.25) is 0 Å². The first-order valence-electron chi connectivity index (χ1n) is 4.39. The van der Waals surface area contributed by atoms with Gasteiger partial charge >= 0.3 is 0 Å². The smallest absolute Gasteiger partial charge is 0.143 e. The van der Waals surface area contributed by atoms with E-state index in [1.165, 1.54) is 12.1 Å². The number of rotatable bonds is 0. The quantitative estimate of drug-likeness (QED) is 0.663. The lowest BCUT2D eigenvalue weighted by atomic mass is 10.1. The predicted octanol–water partition coefficient (Wildman–Crippen LogP) is 2.41. The van der Waals surface area contributed by atoms with E-state index >= 15 is 0 Å². The van der Waals surface area contributed by atoms with Crippen molar-refractivity contribution >= 4 is 5.69 Å². The van der Waals surface area contributed by atoms with Crippen LogP contribution in [-0.2, 0) is 0 Å². The molecule has 2 unspecified atom stereocenters. The van der Waals surface area contributed by atoms with Crippen LogP contribution in [-0.4, -0.2) is 12.1 Å². The maximum absolute atomic E-state index is 12.8. The predicted molar refractivity (Wildman–Crippen MR) is 49.6 cm³/mol. The number of halogens is 1. The molecule has 1 N–H and O–H groups in total. The van der Waals surface area contributed by atoms with Crippen molar-refractivity contribution in [3.05, 3.63) is 24.0 Å². The lowest BCUT2D eigenvalue weighted by molar-refractivity contribution is 0.193. The zero-order valence-corrected chi connectivity index (χ0v) is 7.67. The molecule has 1 aliphatic heterocycles. The van der Waals surface area contributed by atoms with E-state index in [0.29, 0.717) is 0 Å². The Morgan fingerprint density at radius 1 is 1.38 bits per heavy atom. The van der Waals surface area contributed by atoms with Crippen LogP contribution in [0.15, 0.2) is 18.2 Å². The molecule has 2 nitrogen and oxygen atoms in total. The van der Waals surface area contributed by atoms with Gasteiger partial charge in [0.2, 0.25) is 0 Å². The van der Waals surface area contributed by atoms with Crippen molar-refractivity contribution in [3.8, 4) is 5.75 Å². The zero-order valence-electron chi connectivity index (χ0n) is 7.67. The van der Waals surface area contributed by atoms with Gasteiger partial charge in [0.05, 0.1) is 11.7 Å². The highest BCUT2D eigenvalue weighted by Crippen LogP contribution is 2.31. The highest BCUT2D eigenvalue weighted by atomic mass is 19.1. The van der Waals surface area contributed by atoms with Crippen molar-refractivity contribution in [1.29, 1.82) is 0 Å². The summed E-state index contributed by atoms with van der Waals surface area (Å²) in [5.41, 5.74) is 0.741. The fraction of sp³-hybridized carbons (Fsp3) is 0.400. The summed E-state index contributed by atoms with van der Waals surface area (Å²) in [7, 11) is 0. The molecule has 0 aromatic heterocycles. The number of hydrogen-bond acceptors (Lipinski definition) is 2. The van der Waals surface area contributed by atoms with Gasteiger partial charge in [-0.15, -0.1) is 0 Å². The Morgan fingerprint density at radius 2 is 2.15 bits per heavy atom. The van der Waals surface area contributed by atoms with Crippen molar-refractivity contribution in [2.24, 2.45) is 0 Å². The van der Waals surface area contributed by atoms with Crippen LogP contribution < -0.4 is 10.1 Å². The first kappa shape index (κ1) is 8.35. The largest absolute Gasteiger partial charge is 0.486 e. The van der Waals surface area contributed by atoms with Gasteiger partial charge in [0.15, 0.2) is 0 Å². The summed E-state index contributed by atoms with van der Waals surface area (Å²) in [6.07, 6.45) is 0.123. The number of anilines is 1. The van der Waals surface area contributed by atoms with E-state index in [1.807, 2.05) is 13.8 Å². The van der Waals surface area contributed by atoms with Crippen LogP contribution in [0.1, 0.15) is 13.8 Å². The molecule has 3 heteroatoms. The van der Waals surface area contributed by atoms with Crippen LogP contribution >= 0.6 is 0 Å². The molecule has 13 heavy (non-hydrogen) atoms. The summed E-state index contributed by atoms with van der Waals surface area (Å²) in [5, 5.41) is 3.19. The van der Waals surface area contributed by atoms with Gasteiger partial charge in [-0.25, -0.2) is 4.39 Å². The van der Waals surface area contributed by atoms with E-state index in [4.69, 9.17) is 4.74 Å². The lowest BCUT2D eigenvalue weighted by Crippen LogP contribution is -2.36. The van der Waals surface area contributed by atoms with Gasteiger partial charge in [-0.05, 0) is 26.0 Å². The maximum atomic E-state index is 12.8. The third kappa shape index (κ3) is 1.46. The van der Waals surface area contributed by atoms with Crippen LogP contribution in [0.3, 0.4) is 0 Å². The molecule has 0 saturated heterocycles. The number of ether oxygens (including phenoxy) is 1. The van der Waals surface area contributed by atoms with E-state index in [2.05, 4.69) is 5.32 Å². The van der Waals surface area contributed by atoms with Gasteiger partial charge < -0.3 is 10.1 Å². The van der Waals surface area contributed by atoms with Crippen LogP contribution in [0.25, 0.3) is 0 Å². The minimum Gasteiger partial charge on any atom is -0.486 e. The average molecular weight is 181 g/mol. The summed E-state index contributed by atoms with van der Waals surface area (Å²) in [6.45, 7) is 4.00.